The second-order valence-corrected chi connectivity index (χ2v) is 4.98. The van der Waals surface area contributed by atoms with Crippen LogP contribution in [0.15, 0.2) is 0 Å². The molecule has 0 aromatic carbocycles. The van der Waals surface area contributed by atoms with Gasteiger partial charge in [0.15, 0.2) is 0 Å². The van der Waals surface area contributed by atoms with Crippen molar-refractivity contribution in [1.29, 1.82) is 0 Å². The molecule has 1 aliphatic carbocycles. The van der Waals surface area contributed by atoms with E-state index >= 15 is 0 Å². The van der Waals surface area contributed by atoms with Gasteiger partial charge in [-0.05, 0) is 33.6 Å². The predicted molar refractivity (Wildman–Crippen MR) is 59.7 cm³/mol. The van der Waals surface area contributed by atoms with Crippen LogP contribution in [-0.2, 0) is 9.53 Å². The van der Waals surface area contributed by atoms with Crippen LogP contribution in [0.3, 0.4) is 0 Å². The van der Waals surface area contributed by atoms with Gasteiger partial charge in [0.25, 0.3) is 0 Å². The van der Waals surface area contributed by atoms with E-state index in [2.05, 4.69) is 10.6 Å². The van der Waals surface area contributed by atoms with Crippen LogP contribution >= 0.6 is 0 Å². The summed E-state index contributed by atoms with van der Waals surface area (Å²) in [5.41, 5.74) is -0.246. The molecule has 1 fully saturated rings. The third-order valence-corrected chi connectivity index (χ3v) is 2.09. The van der Waals surface area contributed by atoms with E-state index in [0.717, 1.165) is 6.54 Å². The Balaban J connectivity index is 1.93. The van der Waals surface area contributed by atoms with Crippen molar-refractivity contribution in [3.63, 3.8) is 0 Å². The molecule has 0 bridgehead atoms. The van der Waals surface area contributed by atoms with Crippen LogP contribution in [0.1, 0.15) is 33.6 Å². The van der Waals surface area contributed by atoms with Gasteiger partial charge < -0.3 is 15.4 Å². The fourth-order valence-corrected chi connectivity index (χ4v) is 1.10. The zero-order valence-electron chi connectivity index (χ0n) is 9.93. The lowest BCUT2D eigenvalue weighted by molar-refractivity contribution is -0.130. The largest absolute Gasteiger partial charge is 0.366 e. The minimum Gasteiger partial charge on any atom is -0.366 e. The number of rotatable bonds is 6. The third-order valence-electron chi connectivity index (χ3n) is 2.09. The fourth-order valence-electron chi connectivity index (χ4n) is 1.10. The number of nitrogens with one attached hydrogen (secondary N) is 2. The van der Waals surface area contributed by atoms with Gasteiger partial charge in [-0.25, -0.2) is 0 Å². The summed E-state index contributed by atoms with van der Waals surface area (Å²) in [5, 5.41) is 6.14. The normalized spacial score (nSPS) is 16.5. The van der Waals surface area contributed by atoms with Crippen LogP contribution < -0.4 is 10.6 Å². The number of hydrogen-bond donors (Lipinski definition) is 2. The van der Waals surface area contributed by atoms with Crippen molar-refractivity contribution in [2.45, 2.75) is 45.3 Å². The summed E-state index contributed by atoms with van der Waals surface area (Å²) in [6, 6.07) is 0.702. The van der Waals surface area contributed by atoms with Crippen molar-refractivity contribution in [2.75, 3.05) is 19.7 Å². The lowest BCUT2D eigenvalue weighted by Gasteiger charge is -2.18. The molecule has 1 saturated carbocycles. The average molecular weight is 214 g/mol. The second-order valence-electron chi connectivity index (χ2n) is 4.98. The van der Waals surface area contributed by atoms with Crippen molar-refractivity contribution in [3.05, 3.63) is 0 Å². The maximum absolute atomic E-state index is 11.3. The molecule has 0 aliphatic heterocycles. The highest BCUT2D eigenvalue weighted by molar-refractivity contribution is 5.77. The van der Waals surface area contributed by atoms with E-state index in [4.69, 9.17) is 4.74 Å². The van der Waals surface area contributed by atoms with Crippen molar-refractivity contribution < 1.29 is 9.53 Å². The minimum absolute atomic E-state index is 0.0393. The molecule has 0 unspecified atom stereocenters. The number of ether oxygens (including phenoxy) is 1. The molecule has 1 rings (SSSR count). The zero-order chi connectivity index (χ0) is 11.3. The fraction of sp³-hybridized carbons (Fsp3) is 0.909. The summed E-state index contributed by atoms with van der Waals surface area (Å²) in [4.78, 5) is 11.3. The van der Waals surface area contributed by atoms with Gasteiger partial charge in [-0.3, -0.25) is 4.79 Å². The van der Waals surface area contributed by atoms with Gasteiger partial charge in [0, 0.05) is 19.1 Å². The van der Waals surface area contributed by atoms with E-state index in [0.29, 0.717) is 12.6 Å². The lowest BCUT2D eigenvalue weighted by atomic mass is 10.2. The molecule has 0 heterocycles. The maximum Gasteiger partial charge on any atom is 0.246 e. The molecule has 1 amide bonds. The summed E-state index contributed by atoms with van der Waals surface area (Å²) in [6.45, 7) is 7.50. The first-order valence-electron chi connectivity index (χ1n) is 5.61. The van der Waals surface area contributed by atoms with Gasteiger partial charge in [-0.1, -0.05) is 0 Å². The zero-order valence-corrected chi connectivity index (χ0v) is 9.93. The van der Waals surface area contributed by atoms with Crippen LogP contribution in [0.2, 0.25) is 0 Å². The first-order chi connectivity index (χ1) is 6.97. The Morgan fingerprint density at radius 3 is 2.53 bits per heavy atom. The average Bonchev–Trinajstić information content (AvgIpc) is 2.91. The number of amides is 1. The first kappa shape index (κ1) is 12.5. The van der Waals surface area contributed by atoms with E-state index in [9.17, 15) is 4.79 Å². The van der Waals surface area contributed by atoms with Gasteiger partial charge in [0.05, 0.1) is 5.60 Å². The highest BCUT2D eigenvalue weighted by Gasteiger charge is 2.19. The summed E-state index contributed by atoms with van der Waals surface area (Å²) in [7, 11) is 0. The van der Waals surface area contributed by atoms with Crippen LogP contribution in [-0.4, -0.2) is 37.2 Å². The van der Waals surface area contributed by atoms with Gasteiger partial charge in [-0.2, -0.15) is 0 Å². The monoisotopic (exact) mass is 214 g/mol. The molecule has 0 radical (unpaired) electrons. The lowest BCUT2D eigenvalue weighted by Crippen LogP contribution is -2.36. The van der Waals surface area contributed by atoms with Gasteiger partial charge in [0.2, 0.25) is 5.91 Å². The predicted octanol–water partition coefficient (Wildman–Crippen LogP) is 0.670. The highest BCUT2D eigenvalue weighted by atomic mass is 16.5. The molecule has 0 aromatic heterocycles. The quantitative estimate of drug-likeness (QED) is 0.639. The molecule has 88 valence electrons. The van der Waals surface area contributed by atoms with E-state index in [-0.39, 0.29) is 18.1 Å². The Morgan fingerprint density at radius 1 is 1.33 bits per heavy atom. The molecular weight excluding hydrogens is 192 g/mol. The van der Waals surface area contributed by atoms with Crippen molar-refractivity contribution >= 4 is 5.91 Å². The second kappa shape index (κ2) is 5.47. The van der Waals surface area contributed by atoms with E-state index in [1.165, 1.54) is 12.8 Å². The molecule has 0 aromatic rings. The molecule has 4 nitrogen and oxygen atoms in total. The summed E-state index contributed by atoms with van der Waals surface area (Å²) in [5.74, 6) is -0.0393. The molecule has 0 spiro atoms. The van der Waals surface area contributed by atoms with Crippen molar-refractivity contribution in [3.8, 4) is 0 Å². The molecule has 1 aliphatic rings. The first-order valence-corrected chi connectivity index (χ1v) is 5.61. The number of hydrogen-bond acceptors (Lipinski definition) is 3. The van der Waals surface area contributed by atoms with Crippen LogP contribution in [0.25, 0.3) is 0 Å². The Hall–Kier alpha value is -0.610. The number of carbonyl (C=O) groups excluding carboxylic acids is 1. The number of carbonyl (C=O) groups is 1. The summed E-state index contributed by atoms with van der Waals surface area (Å²) in [6.07, 6.45) is 2.56. The van der Waals surface area contributed by atoms with E-state index in [1.54, 1.807) is 0 Å². The van der Waals surface area contributed by atoms with Crippen molar-refractivity contribution in [2.24, 2.45) is 0 Å². The Kier molecular flexibility index (Phi) is 4.54. The standard InChI is InChI=1S/C11H22N2O2/c1-11(2,3)15-8-10(14)13-7-6-12-9-4-5-9/h9,12H,4-8H2,1-3H3,(H,13,14). The minimum atomic E-state index is -0.246. The van der Waals surface area contributed by atoms with Gasteiger partial charge >= 0.3 is 0 Å². The smallest absolute Gasteiger partial charge is 0.246 e. The van der Waals surface area contributed by atoms with Crippen molar-refractivity contribution in [1.82, 2.24) is 10.6 Å². The Morgan fingerprint density at radius 2 is 2.00 bits per heavy atom. The molecule has 0 saturated heterocycles. The Bertz CT molecular complexity index is 207. The molecule has 15 heavy (non-hydrogen) atoms. The highest BCUT2D eigenvalue weighted by Crippen LogP contribution is 2.17. The van der Waals surface area contributed by atoms with Crippen LogP contribution in [0.4, 0.5) is 0 Å². The van der Waals surface area contributed by atoms with Crippen LogP contribution in [0, 0.1) is 0 Å². The third kappa shape index (κ3) is 7.33. The molecule has 4 heteroatoms. The summed E-state index contributed by atoms with van der Waals surface area (Å²) < 4.78 is 5.35. The summed E-state index contributed by atoms with van der Waals surface area (Å²) >= 11 is 0. The molecular formula is C11H22N2O2. The Labute approximate surface area is 91.8 Å². The van der Waals surface area contributed by atoms with Gasteiger partial charge in [-0.15, -0.1) is 0 Å². The van der Waals surface area contributed by atoms with E-state index in [1.807, 2.05) is 20.8 Å². The SMILES string of the molecule is CC(C)(C)OCC(=O)NCCNC1CC1. The maximum atomic E-state index is 11.3. The topological polar surface area (TPSA) is 50.4 Å². The van der Waals surface area contributed by atoms with E-state index < -0.39 is 0 Å². The molecule has 2 N–H and O–H groups in total. The van der Waals surface area contributed by atoms with Crippen LogP contribution in [0.5, 0.6) is 0 Å². The van der Waals surface area contributed by atoms with Gasteiger partial charge in [0.1, 0.15) is 6.61 Å². The molecule has 0 atom stereocenters.